The predicted octanol–water partition coefficient (Wildman–Crippen LogP) is 1.88. The molecule has 0 fully saturated rings. The highest BCUT2D eigenvalue weighted by Crippen LogP contribution is 2.26. The molecule has 3 rings (SSSR count). The summed E-state index contributed by atoms with van der Waals surface area (Å²) in [6, 6.07) is 18.0. The van der Waals surface area contributed by atoms with Crippen LogP contribution >= 0.6 is 0 Å². The maximum absolute atomic E-state index is 6.11. The lowest BCUT2D eigenvalue weighted by Crippen LogP contribution is -2.45. The molecule has 0 amide bonds. The third-order valence-corrected chi connectivity index (χ3v) is 3.97. The molecule has 6 nitrogen and oxygen atoms in total. The van der Waals surface area contributed by atoms with Gasteiger partial charge in [-0.25, -0.2) is 4.99 Å². The lowest BCUT2D eigenvalue weighted by atomic mass is 10.1. The number of guanidine groups is 2. The highest BCUT2D eigenvalue weighted by molar-refractivity contribution is 5.95. The van der Waals surface area contributed by atoms with Crippen LogP contribution < -0.4 is 16.2 Å². The Morgan fingerprint density at radius 1 is 1.04 bits per heavy atom. The second-order valence-corrected chi connectivity index (χ2v) is 5.53. The minimum absolute atomic E-state index is 0.198. The average Bonchev–Trinajstić information content (AvgIpc) is 2.61. The molecule has 1 heterocycles. The van der Waals surface area contributed by atoms with Crippen LogP contribution in [0.3, 0.4) is 0 Å². The normalized spacial score (nSPS) is 17.2. The quantitative estimate of drug-likeness (QED) is 0.879. The van der Waals surface area contributed by atoms with Gasteiger partial charge in [-0.1, -0.05) is 42.5 Å². The second kappa shape index (κ2) is 7.04. The molecule has 6 heteroatoms. The van der Waals surface area contributed by atoms with E-state index < -0.39 is 0 Å². The summed E-state index contributed by atoms with van der Waals surface area (Å²) in [5.74, 6) is 1.38. The van der Waals surface area contributed by atoms with Crippen LogP contribution in [0.2, 0.25) is 0 Å². The first-order valence-corrected chi connectivity index (χ1v) is 7.79. The third-order valence-electron chi connectivity index (χ3n) is 3.97. The second-order valence-electron chi connectivity index (χ2n) is 5.53. The molecule has 0 spiro atoms. The fraction of sp³-hybridized carbons (Fsp3) is 0.222. The standard InChI is InChI=1S/C18H21N5O/c1-24-15-9-7-14(8-10-15)16-21-17(19)22-18(20)23(16)12-11-13-5-3-2-4-6-13/h2-10,16H,11-12H2,1H3,(H4,19,20,21,22). The van der Waals surface area contributed by atoms with E-state index in [1.54, 1.807) is 7.11 Å². The molecule has 1 atom stereocenters. The smallest absolute Gasteiger partial charge is 0.220 e. The highest BCUT2D eigenvalue weighted by atomic mass is 16.5. The maximum Gasteiger partial charge on any atom is 0.220 e. The Kier molecular flexibility index (Phi) is 4.65. The van der Waals surface area contributed by atoms with Crippen molar-refractivity contribution in [3.63, 3.8) is 0 Å². The summed E-state index contributed by atoms with van der Waals surface area (Å²) >= 11 is 0. The van der Waals surface area contributed by atoms with Crippen molar-refractivity contribution in [1.29, 1.82) is 0 Å². The Morgan fingerprint density at radius 3 is 2.42 bits per heavy atom. The molecule has 0 aromatic heterocycles. The third kappa shape index (κ3) is 3.48. The summed E-state index contributed by atoms with van der Waals surface area (Å²) in [7, 11) is 1.64. The highest BCUT2D eigenvalue weighted by Gasteiger charge is 2.25. The van der Waals surface area contributed by atoms with Crippen LogP contribution in [0, 0.1) is 0 Å². The fourth-order valence-electron chi connectivity index (χ4n) is 2.69. The van der Waals surface area contributed by atoms with Gasteiger partial charge in [-0.15, -0.1) is 0 Å². The Morgan fingerprint density at radius 2 is 1.75 bits per heavy atom. The van der Waals surface area contributed by atoms with Gasteiger partial charge in [-0.3, -0.25) is 0 Å². The van der Waals surface area contributed by atoms with Crippen molar-refractivity contribution in [3.8, 4) is 5.75 Å². The van der Waals surface area contributed by atoms with E-state index in [9.17, 15) is 0 Å². The van der Waals surface area contributed by atoms with Crippen molar-refractivity contribution in [2.24, 2.45) is 21.5 Å². The van der Waals surface area contributed by atoms with Gasteiger partial charge < -0.3 is 21.1 Å². The van der Waals surface area contributed by atoms with E-state index in [4.69, 9.17) is 16.2 Å². The molecule has 0 radical (unpaired) electrons. The topological polar surface area (TPSA) is 89.2 Å². The molecule has 1 aliphatic rings. The van der Waals surface area contributed by atoms with Crippen molar-refractivity contribution in [3.05, 3.63) is 65.7 Å². The van der Waals surface area contributed by atoms with Crippen LogP contribution in [-0.4, -0.2) is 30.5 Å². The number of methoxy groups -OCH3 is 1. The number of rotatable bonds is 5. The Bertz CT molecular complexity index is 740. The minimum atomic E-state index is -0.280. The lowest BCUT2D eigenvalue weighted by Gasteiger charge is -2.32. The summed E-state index contributed by atoms with van der Waals surface area (Å²) in [6.45, 7) is 0.701. The van der Waals surface area contributed by atoms with Crippen LogP contribution in [0.15, 0.2) is 64.6 Å². The van der Waals surface area contributed by atoms with Crippen molar-refractivity contribution >= 4 is 11.9 Å². The van der Waals surface area contributed by atoms with E-state index in [1.807, 2.05) is 47.4 Å². The molecule has 124 valence electrons. The molecule has 1 unspecified atom stereocenters. The minimum Gasteiger partial charge on any atom is -0.497 e. The first kappa shape index (κ1) is 15.9. The molecule has 0 saturated carbocycles. The molecule has 0 bridgehead atoms. The predicted molar refractivity (Wildman–Crippen MR) is 95.8 cm³/mol. The molecule has 1 aliphatic heterocycles. The van der Waals surface area contributed by atoms with Crippen molar-refractivity contribution < 1.29 is 4.74 Å². The monoisotopic (exact) mass is 323 g/mol. The van der Waals surface area contributed by atoms with E-state index in [2.05, 4.69) is 22.1 Å². The largest absolute Gasteiger partial charge is 0.497 e. The van der Waals surface area contributed by atoms with Gasteiger partial charge in [-0.05, 0) is 29.7 Å². The Labute approximate surface area is 141 Å². The fourth-order valence-corrected chi connectivity index (χ4v) is 2.69. The molecule has 0 aliphatic carbocycles. The summed E-state index contributed by atoms with van der Waals surface area (Å²) in [4.78, 5) is 10.5. The molecule has 2 aromatic carbocycles. The molecule has 0 saturated heterocycles. The van der Waals surface area contributed by atoms with Gasteiger partial charge >= 0.3 is 0 Å². The molecule has 2 aromatic rings. The zero-order chi connectivity index (χ0) is 16.9. The van der Waals surface area contributed by atoms with Gasteiger partial charge in [0.15, 0.2) is 6.17 Å². The summed E-state index contributed by atoms with van der Waals surface area (Å²) in [5.41, 5.74) is 14.1. The Balaban J connectivity index is 1.82. The summed E-state index contributed by atoms with van der Waals surface area (Å²) in [5, 5.41) is 0. The van der Waals surface area contributed by atoms with Gasteiger partial charge in [0, 0.05) is 6.54 Å². The summed E-state index contributed by atoms with van der Waals surface area (Å²) < 4.78 is 5.21. The number of ether oxygens (including phenoxy) is 1. The number of hydrogen-bond donors (Lipinski definition) is 2. The van der Waals surface area contributed by atoms with E-state index in [0.717, 1.165) is 17.7 Å². The van der Waals surface area contributed by atoms with Crippen LogP contribution in [0.1, 0.15) is 17.3 Å². The first-order valence-electron chi connectivity index (χ1n) is 7.79. The van der Waals surface area contributed by atoms with Gasteiger partial charge in [0.2, 0.25) is 11.9 Å². The van der Waals surface area contributed by atoms with Crippen LogP contribution in [0.4, 0.5) is 0 Å². The average molecular weight is 323 g/mol. The van der Waals surface area contributed by atoms with Gasteiger partial charge in [0.1, 0.15) is 5.75 Å². The maximum atomic E-state index is 6.11. The molecular formula is C18H21N5O. The number of aliphatic imine (C=N–C) groups is 2. The van der Waals surface area contributed by atoms with Gasteiger partial charge in [0.05, 0.1) is 7.11 Å². The first-order chi connectivity index (χ1) is 11.7. The van der Waals surface area contributed by atoms with Gasteiger partial charge in [0.25, 0.3) is 0 Å². The zero-order valence-electron chi connectivity index (χ0n) is 13.6. The number of hydrogen-bond acceptors (Lipinski definition) is 6. The van der Waals surface area contributed by atoms with Crippen LogP contribution in [0.25, 0.3) is 0 Å². The van der Waals surface area contributed by atoms with Crippen LogP contribution in [0.5, 0.6) is 5.75 Å². The van der Waals surface area contributed by atoms with Crippen LogP contribution in [-0.2, 0) is 6.42 Å². The van der Waals surface area contributed by atoms with E-state index in [0.29, 0.717) is 12.5 Å². The Hall–Kier alpha value is -3.02. The number of nitrogens with two attached hydrogens (primary N) is 2. The summed E-state index contributed by atoms with van der Waals surface area (Å²) in [6.07, 6.45) is 0.566. The van der Waals surface area contributed by atoms with Gasteiger partial charge in [-0.2, -0.15) is 4.99 Å². The molecule has 4 N–H and O–H groups in total. The molecular weight excluding hydrogens is 302 g/mol. The number of benzene rings is 2. The van der Waals surface area contributed by atoms with Crippen molar-refractivity contribution in [2.75, 3.05) is 13.7 Å². The van der Waals surface area contributed by atoms with E-state index in [-0.39, 0.29) is 12.1 Å². The SMILES string of the molecule is COc1ccc(C2N=C(N)N=C(N)N2CCc2ccccc2)cc1. The lowest BCUT2D eigenvalue weighted by molar-refractivity contribution is 0.319. The van der Waals surface area contributed by atoms with Crippen molar-refractivity contribution in [2.45, 2.75) is 12.6 Å². The van der Waals surface area contributed by atoms with E-state index >= 15 is 0 Å². The zero-order valence-corrected chi connectivity index (χ0v) is 13.6. The van der Waals surface area contributed by atoms with E-state index in [1.165, 1.54) is 5.56 Å². The molecule has 24 heavy (non-hydrogen) atoms. The number of nitrogens with zero attached hydrogens (tertiary/aromatic N) is 3. The van der Waals surface area contributed by atoms with Crippen molar-refractivity contribution in [1.82, 2.24) is 4.90 Å².